The number of carbonyl (C=O) groups is 3. The quantitative estimate of drug-likeness (QED) is 0.380. The molecule has 0 aliphatic carbocycles. The number of furan rings is 1. The van der Waals surface area contributed by atoms with Crippen LogP contribution in [0.3, 0.4) is 0 Å². The second-order valence-corrected chi connectivity index (χ2v) is 10.1. The summed E-state index contributed by atoms with van der Waals surface area (Å²) in [6, 6.07) is 9.90. The Bertz CT molecular complexity index is 1510. The van der Waals surface area contributed by atoms with E-state index in [1.165, 1.54) is 24.8 Å². The van der Waals surface area contributed by atoms with Gasteiger partial charge in [-0.15, -0.1) is 0 Å². The molecule has 36 heavy (non-hydrogen) atoms. The number of rotatable bonds is 6. The van der Waals surface area contributed by atoms with Crippen molar-refractivity contribution in [1.82, 2.24) is 4.98 Å². The van der Waals surface area contributed by atoms with Crippen LogP contribution in [0.1, 0.15) is 44.5 Å². The number of ether oxygens (including phenoxy) is 1. The minimum atomic E-state index is -3.15. The molecule has 10 nitrogen and oxygen atoms in total. The van der Waals surface area contributed by atoms with Gasteiger partial charge < -0.3 is 20.2 Å². The molecule has 0 aliphatic heterocycles. The Hall–Kier alpha value is -4.43. The lowest BCUT2D eigenvalue weighted by atomic mass is 10.1. The lowest BCUT2D eigenvalue weighted by Crippen LogP contribution is -2.18. The largest absolute Gasteiger partial charge is 0.465 e. The molecule has 0 saturated heterocycles. The molecule has 1 aromatic carbocycles. The molecule has 1 unspecified atom stereocenters. The van der Waals surface area contributed by atoms with Crippen molar-refractivity contribution in [3.8, 4) is 11.8 Å². The second-order valence-electron chi connectivity index (χ2n) is 7.68. The van der Waals surface area contributed by atoms with Gasteiger partial charge in [0.1, 0.15) is 11.6 Å². The predicted molar refractivity (Wildman–Crippen MR) is 135 cm³/mol. The third-order valence-corrected chi connectivity index (χ3v) is 5.99. The monoisotopic (exact) mass is 508 g/mol. The van der Waals surface area contributed by atoms with Crippen molar-refractivity contribution >= 4 is 39.0 Å². The maximum atomic E-state index is 12.5. The normalized spacial score (nSPS) is 12.0. The van der Waals surface area contributed by atoms with Crippen LogP contribution in [-0.2, 0) is 19.3 Å². The molecule has 0 radical (unpaired) electrons. The standard InChI is InChI=1S/C25H24N4O6S/c1-4-34-21(30)15-36(3,33)29-24(31)19-13-18(23(26)27-14-19)9-8-17-6-5-7-20(12-17)28-25(32)22-16(2)10-11-35-22/h5-7,10-14H,4,15H2,1-3H3,(H2,26,27)(H,28,32). The highest BCUT2D eigenvalue weighted by Crippen LogP contribution is 2.16. The maximum absolute atomic E-state index is 12.5. The lowest BCUT2D eigenvalue weighted by molar-refractivity contribution is -0.139. The zero-order valence-corrected chi connectivity index (χ0v) is 20.7. The Labute approximate surface area is 208 Å². The Kier molecular flexibility index (Phi) is 8.24. The fraction of sp³-hybridized carbons (Fsp3) is 0.200. The number of aromatic nitrogens is 1. The number of nitrogens with two attached hydrogens (primary N) is 1. The first-order chi connectivity index (χ1) is 17.1. The molecule has 2 amide bonds. The van der Waals surface area contributed by atoms with Crippen molar-refractivity contribution < 1.29 is 27.7 Å². The van der Waals surface area contributed by atoms with Crippen LogP contribution < -0.4 is 11.1 Å². The van der Waals surface area contributed by atoms with Crippen LogP contribution in [0.4, 0.5) is 11.5 Å². The number of carbonyl (C=O) groups excluding carboxylic acids is 3. The van der Waals surface area contributed by atoms with Gasteiger partial charge in [0.15, 0.2) is 5.76 Å². The first kappa shape index (κ1) is 26.2. The van der Waals surface area contributed by atoms with E-state index >= 15 is 0 Å². The van der Waals surface area contributed by atoms with Crippen molar-refractivity contribution in [2.45, 2.75) is 13.8 Å². The number of amides is 2. The zero-order chi connectivity index (χ0) is 26.3. The van der Waals surface area contributed by atoms with Crippen molar-refractivity contribution in [1.29, 1.82) is 0 Å². The molecule has 0 spiro atoms. The molecule has 186 valence electrons. The average Bonchev–Trinajstić information content (AvgIpc) is 3.24. The Morgan fingerprint density at radius 1 is 1.22 bits per heavy atom. The minimum Gasteiger partial charge on any atom is -0.465 e. The van der Waals surface area contributed by atoms with Gasteiger partial charge in [0.05, 0.1) is 33.7 Å². The molecule has 3 rings (SSSR count). The van der Waals surface area contributed by atoms with Crippen molar-refractivity contribution in [3.05, 3.63) is 76.9 Å². The molecular formula is C25H24N4O6S. The number of aryl methyl sites for hydroxylation is 1. The van der Waals surface area contributed by atoms with Gasteiger partial charge in [0.25, 0.3) is 11.8 Å². The Balaban J connectivity index is 1.80. The van der Waals surface area contributed by atoms with Gasteiger partial charge in [-0.3, -0.25) is 14.4 Å². The molecule has 0 aliphatic rings. The smallest absolute Gasteiger partial charge is 0.319 e. The van der Waals surface area contributed by atoms with E-state index in [0.717, 1.165) is 0 Å². The molecule has 0 saturated carbocycles. The summed E-state index contributed by atoms with van der Waals surface area (Å²) in [5.41, 5.74) is 7.96. The molecule has 2 aromatic heterocycles. The summed E-state index contributed by atoms with van der Waals surface area (Å²) in [7, 11) is -3.15. The molecule has 11 heteroatoms. The molecule has 2 heterocycles. The number of benzene rings is 1. The van der Waals surface area contributed by atoms with Crippen molar-refractivity contribution in [3.63, 3.8) is 0 Å². The van der Waals surface area contributed by atoms with Gasteiger partial charge in [-0.1, -0.05) is 17.9 Å². The third-order valence-electron chi connectivity index (χ3n) is 4.66. The summed E-state index contributed by atoms with van der Waals surface area (Å²) in [6.07, 6.45) is 3.83. The van der Waals surface area contributed by atoms with E-state index in [9.17, 15) is 18.6 Å². The number of nitrogen functional groups attached to an aromatic ring is 1. The number of hydrogen-bond acceptors (Lipinski definition) is 8. The summed E-state index contributed by atoms with van der Waals surface area (Å²) in [5, 5.41) is 2.75. The SMILES string of the molecule is CCOC(=O)CS(C)(=O)=NC(=O)c1cnc(N)c(C#Cc2cccc(NC(=O)c3occc3C)c2)c1. The number of esters is 1. The molecule has 0 bridgehead atoms. The van der Waals surface area contributed by atoms with E-state index in [-0.39, 0.29) is 35.2 Å². The van der Waals surface area contributed by atoms with Crippen molar-refractivity contribution in [2.75, 3.05) is 29.7 Å². The second kappa shape index (κ2) is 11.3. The van der Waals surface area contributed by atoms with Crippen molar-refractivity contribution in [2.24, 2.45) is 4.36 Å². The number of nitrogens with one attached hydrogen (secondary N) is 1. The summed E-state index contributed by atoms with van der Waals surface area (Å²) in [6.45, 7) is 3.52. The highest BCUT2D eigenvalue weighted by atomic mass is 32.2. The van der Waals surface area contributed by atoms with E-state index in [2.05, 4.69) is 26.5 Å². The zero-order valence-electron chi connectivity index (χ0n) is 19.9. The number of hydrogen-bond donors (Lipinski definition) is 2. The number of anilines is 2. The third kappa shape index (κ3) is 7.04. The van der Waals surface area contributed by atoms with Gasteiger partial charge in [0.2, 0.25) is 0 Å². The van der Waals surface area contributed by atoms with Gasteiger partial charge in [0, 0.05) is 29.3 Å². The number of pyridine rings is 1. The van der Waals surface area contributed by atoms with E-state index in [0.29, 0.717) is 16.8 Å². The average molecular weight is 509 g/mol. The van der Waals surface area contributed by atoms with Crippen LogP contribution in [0.25, 0.3) is 0 Å². The summed E-state index contributed by atoms with van der Waals surface area (Å²) >= 11 is 0. The Morgan fingerprint density at radius 3 is 2.69 bits per heavy atom. The number of nitrogens with zero attached hydrogens (tertiary/aromatic N) is 2. The predicted octanol–water partition coefficient (Wildman–Crippen LogP) is 3.02. The first-order valence-corrected chi connectivity index (χ1v) is 12.8. The van der Waals surface area contributed by atoms with Crippen LogP contribution in [0, 0.1) is 18.8 Å². The maximum Gasteiger partial charge on any atom is 0.319 e. The highest BCUT2D eigenvalue weighted by Gasteiger charge is 2.16. The van der Waals surface area contributed by atoms with Crippen LogP contribution in [-0.4, -0.2) is 45.6 Å². The van der Waals surface area contributed by atoms with Crippen LogP contribution in [0.15, 0.2) is 57.6 Å². The minimum absolute atomic E-state index is 0.0155. The summed E-state index contributed by atoms with van der Waals surface area (Å²) in [5.74, 6) is 3.64. The van der Waals surface area contributed by atoms with Crippen LogP contribution >= 0.6 is 0 Å². The summed E-state index contributed by atoms with van der Waals surface area (Å²) < 4.78 is 26.2. The van der Waals surface area contributed by atoms with E-state index < -0.39 is 27.4 Å². The summed E-state index contributed by atoms with van der Waals surface area (Å²) in [4.78, 5) is 40.5. The van der Waals surface area contributed by atoms with E-state index in [4.69, 9.17) is 14.9 Å². The first-order valence-electron chi connectivity index (χ1n) is 10.7. The fourth-order valence-electron chi connectivity index (χ4n) is 2.98. The molecule has 0 fully saturated rings. The molecule has 1 atom stereocenters. The van der Waals surface area contributed by atoms with E-state index in [1.54, 1.807) is 44.2 Å². The highest BCUT2D eigenvalue weighted by molar-refractivity contribution is 7.93. The topological polar surface area (TPSA) is 154 Å². The van der Waals surface area contributed by atoms with Gasteiger partial charge >= 0.3 is 5.97 Å². The Morgan fingerprint density at radius 2 is 2.00 bits per heavy atom. The van der Waals surface area contributed by atoms with Gasteiger partial charge in [-0.2, -0.15) is 4.36 Å². The van der Waals surface area contributed by atoms with E-state index in [1.807, 2.05) is 0 Å². The van der Waals surface area contributed by atoms with Gasteiger partial charge in [-0.25, -0.2) is 9.19 Å². The van der Waals surface area contributed by atoms with Crippen LogP contribution in [0.5, 0.6) is 0 Å². The fourth-order valence-corrected chi connectivity index (χ4v) is 4.02. The van der Waals surface area contributed by atoms with Gasteiger partial charge in [-0.05, 0) is 44.2 Å². The molecular weight excluding hydrogens is 484 g/mol. The molecule has 3 aromatic rings. The lowest BCUT2D eigenvalue weighted by Gasteiger charge is -2.05. The molecule has 3 N–H and O–H groups in total. The van der Waals surface area contributed by atoms with Crippen LogP contribution in [0.2, 0.25) is 0 Å².